The van der Waals surface area contributed by atoms with Crippen LogP contribution in [0.15, 0.2) is 18.2 Å². The van der Waals surface area contributed by atoms with Crippen LogP contribution in [0.5, 0.6) is 0 Å². The van der Waals surface area contributed by atoms with Gasteiger partial charge in [0.2, 0.25) is 0 Å². The van der Waals surface area contributed by atoms with Gasteiger partial charge in [-0.2, -0.15) is 0 Å². The van der Waals surface area contributed by atoms with Gasteiger partial charge in [0.15, 0.2) is 0 Å². The molecule has 22 heavy (non-hydrogen) atoms. The van der Waals surface area contributed by atoms with Gasteiger partial charge < -0.3 is 15.7 Å². The number of carbonyl (C=O) groups is 1. The van der Waals surface area contributed by atoms with Crippen LogP contribution in [-0.4, -0.2) is 30.2 Å². The number of nitrogens with one attached hydrogen (secondary N) is 2. The molecule has 0 radical (unpaired) electrons. The van der Waals surface area contributed by atoms with Gasteiger partial charge in [0.1, 0.15) is 0 Å². The van der Waals surface area contributed by atoms with Gasteiger partial charge in [0.05, 0.1) is 6.61 Å². The fourth-order valence-electron chi connectivity index (χ4n) is 3.30. The highest BCUT2D eigenvalue weighted by Gasteiger charge is 2.21. The second kappa shape index (κ2) is 8.18. The zero-order valence-corrected chi connectivity index (χ0v) is 13.7. The quantitative estimate of drug-likeness (QED) is 0.757. The zero-order valence-electron chi connectivity index (χ0n) is 13.7. The number of rotatable bonds is 6. The van der Waals surface area contributed by atoms with E-state index in [2.05, 4.69) is 17.6 Å². The molecule has 1 aliphatic rings. The minimum Gasteiger partial charge on any atom is -0.395 e. The molecule has 122 valence electrons. The standard InChI is InChI=1S/C18H28N2O2/c1-13-16(18(22)19-11-12-21)9-6-10-17(13)20-14(2)15-7-4-3-5-8-15/h6,9-10,14-15,20-21H,3-5,7-8,11-12H2,1-2H3,(H,19,22). The van der Waals surface area contributed by atoms with Crippen LogP contribution in [0, 0.1) is 12.8 Å². The van der Waals surface area contributed by atoms with Gasteiger partial charge in [0, 0.05) is 23.8 Å². The van der Waals surface area contributed by atoms with E-state index in [-0.39, 0.29) is 19.1 Å². The minimum absolute atomic E-state index is 0.0402. The predicted molar refractivity (Wildman–Crippen MR) is 90.3 cm³/mol. The summed E-state index contributed by atoms with van der Waals surface area (Å²) in [6, 6.07) is 6.21. The summed E-state index contributed by atoms with van der Waals surface area (Å²) < 4.78 is 0. The Hall–Kier alpha value is -1.55. The molecule has 1 unspecified atom stereocenters. The summed E-state index contributed by atoms with van der Waals surface area (Å²) in [5, 5.41) is 15.1. The first-order valence-electron chi connectivity index (χ1n) is 8.38. The maximum Gasteiger partial charge on any atom is 0.251 e. The van der Waals surface area contributed by atoms with E-state index in [4.69, 9.17) is 5.11 Å². The monoisotopic (exact) mass is 304 g/mol. The van der Waals surface area contributed by atoms with E-state index in [0.717, 1.165) is 17.2 Å². The molecule has 0 spiro atoms. The third kappa shape index (κ3) is 4.23. The molecule has 1 aromatic rings. The fourth-order valence-corrected chi connectivity index (χ4v) is 3.30. The SMILES string of the molecule is Cc1c(NC(C)C2CCCCC2)cccc1C(=O)NCCO. The van der Waals surface area contributed by atoms with Crippen LogP contribution in [0.2, 0.25) is 0 Å². The molecule has 4 heteroatoms. The molecule has 1 aliphatic carbocycles. The van der Waals surface area contributed by atoms with Crippen molar-refractivity contribution in [2.24, 2.45) is 5.92 Å². The smallest absolute Gasteiger partial charge is 0.251 e. The molecule has 1 aromatic carbocycles. The number of hydrogen-bond acceptors (Lipinski definition) is 3. The minimum atomic E-state index is -0.125. The van der Waals surface area contributed by atoms with E-state index in [1.165, 1.54) is 32.1 Å². The zero-order chi connectivity index (χ0) is 15.9. The summed E-state index contributed by atoms with van der Waals surface area (Å²) in [7, 11) is 0. The van der Waals surface area contributed by atoms with Crippen molar-refractivity contribution in [2.75, 3.05) is 18.5 Å². The molecule has 2 rings (SSSR count). The molecule has 0 heterocycles. The normalized spacial score (nSPS) is 17.0. The first kappa shape index (κ1) is 16.8. The molecule has 0 saturated heterocycles. The van der Waals surface area contributed by atoms with Crippen LogP contribution in [0.4, 0.5) is 5.69 Å². The van der Waals surface area contributed by atoms with Crippen LogP contribution in [-0.2, 0) is 0 Å². The molecule has 1 atom stereocenters. The van der Waals surface area contributed by atoms with Crippen molar-refractivity contribution < 1.29 is 9.90 Å². The van der Waals surface area contributed by atoms with E-state index in [0.29, 0.717) is 11.6 Å². The highest BCUT2D eigenvalue weighted by molar-refractivity contribution is 5.97. The summed E-state index contributed by atoms with van der Waals surface area (Å²) in [5.41, 5.74) is 2.68. The van der Waals surface area contributed by atoms with Crippen molar-refractivity contribution in [1.29, 1.82) is 0 Å². The summed E-state index contributed by atoms with van der Waals surface area (Å²) in [6.07, 6.45) is 6.62. The average molecular weight is 304 g/mol. The van der Waals surface area contributed by atoms with Crippen molar-refractivity contribution in [3.8, 4) is 0 Å². The Morgan fingerprint density at radius 3 is 2.73 bits per heavy atom. The van der Waals surface area contributed by atoms with E-state index in [1.807, 2.05) is 25.1 Å². The second-order valence-electron chi connectivity index (χ2n) is 6.29. The molecular weight excluding hydrogens is 276 g/mol. The highest BCUT2D eigenvalue weighted by Crippen LogP contribution is 2.29. The predicted octanol–water partition coefficient (Wildman–Crippen LogP) is 3.10. The Morgan fingerprint density at radius 2 is 2.05 bits per heavy atom. The van der Waals surface area contributed by atoms with Crippen LogP contribution < -0.4 is 10.6 Å². The lowest BCUT2D eigenvalue weighted by molar-refractivity contribution is 0.0944. The number of aliphatic hydroxyl groups is 1. The molecule has 0 aliphatic heterocycles. The Balaban J connectivity index is 2.06. The van der Waals surface area contributed by atoms with Crippen LogP contribution >= 0.6 is 0 Å². The molecule has 4 nitrogen and oxygen atoms in total. The van der Waals surface area contributed by atoms with Gasteiger partial charge in [-0.1, -0.05) is 25.3 Å². The lowest BCUT2D eigenvalue weighted by atomic mass is 9.84. The third-order valence-electron chi connectivity index (χ3n) is 4.72. The van der Waals surface area contributed by atoms with E-state index < -0.39 is 0 Å². The largest absolute Gasteiger partial charge is 0.395 e. The number of aliphatic hydroxyl groups excluding tert-OH is 1. The summed E-state index contributed by atoms with van der Waals surface area (Å²) in [5.74, 6) is 0.598. The van der Waals surface area contributed by atoms with Crippen LogP contribution in [0.3, 0.4) is 0 Å². The fraction of sp³-hybridized carbons (Fsp3) is 0.611. The molecule has 1 amide bonds. The topological polar surface area (TPSA) is 61.4 Å². The molecule has 0 aromatic heterocycles. The second-order valence-corrected chi connectivity index (χ2v) is 6.29. The summed E-state index contributed by atoms with van der Waals surface area (Å²) in [4.78, 5) is 12.1. The molecule has 3 N–H and O–H groups in total. The first-order valence-corrected chi connectivity index (χ1v) is 8.38. The number of anilines is 1. The maximum atomic E-state index is 12.1. The molecular formula is C18H28N2O2. The number of carbonyl (C=O) groups excluding carboxylic acids is 1. The molecule has 0 bridgehead atoms. The van der Waals surface area contributed by atoms with Crippen LogP contribution in [0.25, 0.3) is 0 Å². The van der Waals surface area contributed by atoms with Gasteiger partial charge >= 0.3 is 0 Å². The van der Waals surface area contributed by atoms with E-state index >= 15 is 0 Å². The van der Waals surface area contributed by atoms with Gasteiger partial charge in [-0.3, -0.25) is 4.79 Å². The van der Waals surface area contributed by atoms with Crippen molar-refractivity contribution in [1.82, 2.24) is 5.32 Å². The van der Waals surface area contributed by atoms with Gasteiger partial charge in [-0.25, -0.2) is 0 Å². The van der Waals surface area contributed by atoms with Gasteiger partial charge in [0.25, 0.3) is 5.91 Å². The maximum absolute atomic E-state index is 12.1. The van der Waals surface area contributed by atoms with Crippen LogP contribution in [0.1, 0.15) is 54.9 Å². The average Bonchev–Trinajstić information content (AvgIpc) is 2.55. The Bertz CT molecular complexity index is 496. The van der Waals surface area contributed by atoms with E-state index in [1.54, 1.807) is 0 Å². The Labute approximate surface area is 133 Å². The lowest BCUT2D eigenvalue weighted by Crippen LogP contribution is -2.29. The lowest BCUT2D eigenvalue weighted by Gasteiger charge is -2.29. The number of benzene rings is 1. The van der Waals surface area contributed by atoms with Gasteiger partial charge in [-0.15, -0.1) is 0 Å². The third-order valence-corrected chi connectivity index (χ3v) is 4.72. The number of hydrogen-bond donors (Lipinski definition) is 3. The van der Waals surface area contributed by atoms with Crippen molar-refractivity contribution in [2.45, 2.75) is 52.0 Å². The van der Waals surface area contributed by atoms with E-state index in [9.17, 15) is 4.79 Å². The van der Waals surface area contributed by atoms with Gasteiger partial charge in [-0.05, 0) is 50.3 Å². The summed E-state index contributed by atoms with van der Waals surface area (Å²) >= 11 is 0. The molecule has 1 fully saturated rings. The molecule has 1 saturated carbocycles. The Morgan fingerprint density at radius 1 is 1.32 bits per heavy atom. The van der Waals surface area contributed by atoms with Crippen molar-refractivity contribution >= 4 is 11.6 Å². The highest BCUT2D eigenvalue weighted by atomic mass is 16.3. The van der Waals surface area contributed by atoms with Crippen molar-refractivity contribution in [3.05, 3.63) is 29.3 Å². The number of amides is 1. The first-order chi connectivity index (χ1) is 10.6. The summed E-state index contributed by atoms with van der Waals surface area (Å²) in [6.45, 7) is 4.47. The Kier molecular flexibility index (Phi) is 6.25. The van der Waals surface area contributed by atoms with Crippen molar-refractivity contribution in [3.63, 3.8) is 0 Å².